The van der Waals surface area contributed by atoms with Crippen molar-refractivity contribution in [2.45, 2.75) is 16.3 Å². The highest BCUT2D eigenvalue weighted by Crippen LogP contribution is 2.37. The number of ether oxygens (including phenoxy) is 1. The van der Waals surface area contributed by atoms with Gasteiger partial charge in [0.2, 0.25) is 0 Å². The van der Waals surface area contributed by atoms with Gasteiger partial charge in [-0.05, 0) is 42.9 Å². The standard InChI is InChI=1S/C15H16BrNOS/c1-17-10-11-9-12(16)7-8-14(11)19-15-6-4-3-5-13(15)18-2/h3-9,17H,10H2,1-2H3. The van der Waals surface area contributed by atoms with Gasteiger partial charge in [0.05, 0.1) is 12.0 Å². The van der Waals surface area contributed by atoms with Gasteiger partial charge in [0.1, 0.15) is 5.75 Å². The second kappa shape index (κ2) is 6.98. The van der Waals surface area contributed by atoms with Crippen LogP contribution in [0.3, 0.4) is 0 Å². The van der Waals surface area contributed by atoms with Crippen molar-refractivity contribution in [3.63, 3.8) is 0 Å². The summed E-state index contributed by atoms with van der Waals surface area (Å²) in [6.45, 7) is 0.844. The Labute approximate surface area is 126 Å². The smallest absolute Gasteiger partial charge is 0.132 e. The summed E-state index contributed by atoms with van der Waals surface area (Å²) in [5.74, 6) is 0.908. The molecule has 0 atom stereocenters. The predicted molar refractivity (Wildman–Crippen MR) is 84.0 cm³/mol. The van der Waals surface area contributed by atoms with Crippen LogP contribution in [-0.2, 0) is 6.54 Å². The normalized spacial score (nSPS) is 10.5. The Balaban J connectivity index is 2.32. The number of hydrogen-bond donors (Lipinski definition) is 1. The van der Waals surface area contributed by atoms with Gasteiger partial charge in [-0.15, -0.1) is 0 Å². The van der Waals surface area contributed by atoms with Crippen LogP contribution in [0.1, 0.15) is 5.56 Å². The van der Waals surface area contributed by atoms with E-state index in [1.54, 1.807) is 18.9 Å². The van der Waals surface area contributed by atoms with Crippen LogP contribution in [0.5, 0.6) is 5.75 Å². The summed E-state index contributed by atoms with van der Waals surface area (Å²) in [6, 6.07) is 14.4. The molecular formula is C15H16BrNOS. The van der Waals surface area contributed by atoms with Crippen LogP contribution >= 0.6 is 27.7 Å². The van der Waals surface area contributed by atoms with Gasteiger partial charge in [-0.2, -0.15) is 0 Å². The monoisotopic (exact) mass is 337 g/mol. The molecule has 2 nitrogen and oxygen atoms in total. The molecule has 0 aliphatic heterocycles. The number of nitrogens with one attached hydrogen (secondary N) is 1. The Morgan fingerprint density at radius 1 is 1.16 bits per heavy atom. The number of methoxy groups -OCH3 is 1. The molecule has 0 unspecified atom stereocenters. The molecule has 0 fully saturated rings. The molecule has 0 aromatic heterocycles. The fourth-order valence-electron chi connectivity index (χ4n) is 1.80. The molecule has 0 amide bonds. The minimum Gasteiger partial charge on any atom is -0.496 e. The van der Waals surface area contributed by atoms with Gasteiger partial charge in [-0.1, -0.05) is 39.8 Å². The SMILES string of the molecule is CNCc1cc(Br)ccc1Sc1ccccc1OC. The van der Waals surface area contributed by atoms with E-state index >= 15 is 0 Å². The van der Waals surface area contributed by atoms with E-state index < -0.39 is 0 Å². The summed E-state index contributed by atoms with van der Waals surface area (Å²) in [7, 11) is 3.66. The molecule has 0 saturated carbocycles. The van der Waals surface area contributed by atoms with Crippen molar-refractivity contribution in [3.05, 3.63) is 52.5 Å². The lowest BCUT2D eigenvalue weighted by atomic mass is 10.2. The van der Waals surface area contributed by atoms with Gasteiger partial charge in [0, 0.05) is 15.9 Å². The van der Waals surface area contributed by atoms with Crippen LogP contribution in [-0.4, -0.2) is 14.2 Å². The third kappa shape index (κ3) is 3.75. The summed E-state index contributed by atoms with van der Waals surface area (Å²) >= 11 is 5.25. The molecule has 2 aromatic rings. The van der Waals surface area contributed by atoms with Crippen molar-refractivity contribution in [2.75, 3.05) is 14.2 Å². The van der Waals surface area contributed by atoms with E-state index in [0.717, 1.165) is 21.7 Å². The average molecular weight is 338 g/mol. The van der Waals surface area contributed by atoms with E-state index in [9.17, 15) is 0 Å². The first-order valence-electron chi connectivity index (χ1n) is 5.98. The van der Waals surface area contributed by atoms with Gasteiger partial charge in [0.15, 0.2) is 0 Å². The molecule has 0 bridgehead atoms. The average Bonchev–Trinajstić information content (AvgIpc) is 2.43. The number of halogens is 1. The van der Waals surface area contributed by atoms with Gasteiger partial charge in [0.25, 0.3) is 0 Å². The Morgan fingerprint density at radius 3 is 2.68 bits per heavy atom. The zero-order valence-electron chi connectivity index (χ0n) is 10.9. The lowest BCUT2D eigenvalue weighted by Crippen LogP contribution is -2.06. The van der Waals surface area contributed by atoms with E-state index in [4.69, 9.17) is 4.74 Å². The Hall–Kier alpha value is -0.970. The van der Waals surface area contributed by atoms with E-state index in [1.165, 1.54) is 10.5 Å². The molecule has 0 radical (unpaired) electrons. The molecule has 2 rings (SSSR count). The second-order valence-electron chi connectivity index (χ2n) is 4.04. The first-order chi connectivity index (χ1) is 9.24. The Kier molecular flexibility index (Phi) is 5.31. The van der Waals surface area contributed by atoms with Crippen LogP contribution < -0.4 is 10.1 Å². The van der Waals surface area contributed by atoms with Gasteiger partial charge >= 0.3 is 0 Å². The van der Waals surface area contributed by atoms with Crippen molar-refractivity contribution in [3.8, 4) is 5.75 Å². The third-order valence-electron chi connectivity index (χ3n) is 2.68. The molecule has 4 heteroatoms. The molecular weight excluding hydrogens is 322 g/mol. The van der Waals surface area contributed by atoms with E-state index in [-0.39, 0.29) is 0 Å². The molecule has 2 aromatic carbocycles. The van der Waals surface area contributed by atoms with Gasteiger partial charge < -0.3 is 10.1 Å². The summed E-state index contributed by atoms with van der Waals surface area (Å²) in [6.07, 6.45) is 0. The fourth-order valence-corrected chi connectivity index (χ4v) is 3.24. The molecule has 0 saturated heterocycles. The maximum Gasteiger partial charge on any atom is 0.132 e. The quantitative estimate of drug-likeness (QED) is 0.877. The molecule has 100 valence electrons. The molecule has 0 aliphatic carbocycles. The summed E-state index contributed by atoms with van der Waals surface area (Å²) in [4.78, 5) is 2.37. The first kappa shape index (κ1) is 14.4. The highest BCUT2D eigenvalue weighted by Gasteiger charge is 2.08. The number of rotatable bonds is 5. The zero-order chi connectivity index (χ0) is 13.7. The lowest BCUT2D eigenvalue weighted by molar-refractivity contribution is 0.405. The number of hydrogen-bond acceptors (Lipinski definition) is 3. The van der Waals surface area contributed by atoms with Crippen molar-refractivity contribution >= 4 is 27.7 Å². The number of para-hydroxylation sites is 1. The summed E-state index contributed by atoms with van der Waals surface area (Å²) in [5.41, 5.74) is 1.27. The predicted octanol–water partition coefficient (Wildman–Crippen LogP) is 4.33. The van der Waals surface area contributed by atoms with Crippen LogP contribution in [0.2, 0.25) is 0 Å². The molecule has 0 aliphatic rings. The summed E-state index contributed by atoms with van der Waals surface area (Å²) < 4.78 is 6.49. The summed E-state index contributed by atoms with van der Waals surface area (Å²) in [5, 5.41) is 3.20. The Bertz CT molecular complexity index is 560. The largest absolute Gasteiger partial charge is 0.496 e. The van der Waals surface area contributed by atoms with Gasteiger partial charge in [-0.25, -0.2) is 0 Å². The van der Waals surface area contributed by atoms with E-state index in [2.05, 4.69) is 45.5 Å². The first-order valence-corrected chi connectivity index (χ1v) is 7.59. The molecule has 19 heavy (non-hydrogen) atoms. The lowest BCUT2D eigenvalue weighted by Gasteiger charge is -2.12. The van der Waals surface area contributed by atoms with Crippen molar-refractivity contribution in [1.29, 1.82) is 0 Å². The van der Waals surface area contributed by atoms with Gasteiger partial charge in [-0.3, -0.25) is 0 Å². The van der Waals surface area contributed by atoms with Crippen LogP contribution in [0, 0.1) is 0 Å². The van der Waals surface area contributed by atoms with Crippen molar-refractivity contribution in [2.24, 2.45) is 0 Å². The topological polar surface area (TPSA) is 21.3 Å². The van der Waals surface area contributed by atoms with Crippen LogP contribution in [0.4, 0.5) is 0 Å². The van der Waals surface area contributed by atoms with Crippen molar-refractivity contribution in [1.82, 2.24) is 5.32 Å². The number of benzene rings is 2. The van der Waals surface area contributed by atoms with Crippen LogP contribution in [0.25, 0.3) is 0 Å². The van der Waals surface area contributed by atoms with E-state index in [1.807, 2.05) is 25.2 Å². The highest BCUT2D eigenvalue weighted by molar-refractivity contribution is 9.10. The molecule has 0 heterocycles. The van der Waals surface area contributed by atoms with Crippen molar-refractivity contribution < 1.29 is 4.74 Å². The molecule has 0 spiro atoms. The third-order valence-corrected chi connectivity index (χ3v) is 4.35. The molecule has 1 N–H and O–H groups in total. The maximum atomic E-state index is 5.40. The second-order valence-corrected chi connectivity index (χ2v) is 6.03. The Morgan fingerprint density at radius 2 is 1.95 bits per heavy atom. The van der Waals surface area contributed by atoms with Crippen LogP contribution in [0.15, 0.2) is 56.7 Å². The minimum absolute atomic E-state index is 0.844. The maximum absolute atomic E-state index is 5.40. The highest BCUT2D eigenvalue weighted by atomic mass is 79.9. The zero-order valence-corrected chi connectivity index (χ0v) is 13.3. The minimum atomic E-state index is 0.844. The van der Waals surface area contributed by atoms with E-state index in [0.29, 0.717) is 0 Å². The fraction of sp³-hybridized carbons (Fsp3) is 0.200.